The smallest absolute Gasteiger partial charge is 0.272 e. The summed E-state index contributed by atoms with van der Waals surface area (Å²) in [4.78, 5) is 12.2. The van der Waals surface area contributed by atoms with Gasteiger partial charge in [0, 0.05) is 9.50 Å². The van der Waals surface area contributed by atoms with Crippen molar-refractivity contribution in [2.75, 3.05) is 6.61 Å². The van der Waals surface area contributed by atoms with E-state index in [0.29, 0.717) is 29.7 Å². The van der Waals surface area contributed by atoms with Crippen molar-refractivity contribution < 1.29 is 14.3 Å². The van der Waals surface area contributed by atoms with Crippen molar-refractivity contribution in [2.24, 2.45) is 5.10 Å². The quantitative estimate of drug-likeness (QED) is 0.272. The van der Waals surface area contributed by atoms with Crippen LogP contribution in [0.15, 0.2) is 70.2 Å². The van der Waals surface area contributed by atoms with E-state index in [1.807, 2.05) is 43.3 Å². The first-order valence-corrected chi connectivity index (χ1v) is 10.9. The van der Waals surface area contributed by atoms with Gasteiger partial charge in [-0.3, -0.25) is 4.79 Å². The van der Waals surface area contributed by atoms with Crippen LogP contribution in [0.3, 0.4) is 0 Å². The molecule has 3 aromatic rings. The predicted molar refractivity (Wildman–Crippen MR) is 128 cm³/mol. The number of hydrazone groups is 1. The van der Waals surface area contributed by atoms with Crippen LogP contribution in [0.2, 0.25) is 10.0 Å². The molecule has 0 heterocycles. The van der Waals surface area contributed by atoms with Crippen LogP contribution >= 0.6 is 39.1 Å². The summed E-state index contributed by atoms with van der Waals surface area (Å²) in [5, 5.41) is 4.71. The third kappa shape index (κ3) is 6.72. The molecule has 3 rings (SSSR count). The van der Waals surface area contributed by atoms with Crippen molar-refractivity contribution in [2.45, 2.75) is 13.5 Å². The lowest BCUT2D eigenvalue weighted by Gasteiger charge is -2.12. The highest BCUT2D eigenvalue weighted by Crippen LogP contribution is 2.29. The molecule has 0 unspecified atom stereocenters. The van der Waals surface area contributed by atoms with Crippen LogP contribution in [0, 0.1) is 0 Å². The van der Waals surface area contributed by atoms with Crippen molar-refractivity contribution >= 4 is 51.3 Å². The van der Waals surface area contributed by atoms with Gasteiger partial charge in [0.1, 0.15) is 6.61 Å². The monoisotopic (exact) mass is 520 g/mol. The minimum Gasteiger partial charge on any atom is -0.490 e. The van der Waals surface area contributed by atoms with E-state index >= 15 is 0 Å². The molecular weight excluding hydrogens is 503 g/mol. The first-order chi connectivity index (χ1) is 15.0. The molecule has 3 aromatic carbocycles. The van der Waals surface area contributed by atoms with E-state index in [1.165, 1.54) is 12.3 Å². The third-order valence-corrected chi connectivity index (χ3v) is 5.21. The lowest BCUT2D eigenvalue weighted by molar-refractivity contribution is 0.0955. The number of nitrogens with zero attached hydrogens (tertiary/aromatic N) is 1. The molecule has 5 nitrogen and oxygen atoms in total. The van der Waals surface area contributed by atoms with Gasteiger partial charge in [0.2, 0.25) is 0 Å². The molecule has 160 valence electrons. The van der Waals surface area contributed by atoms with Gasteiger partial charge in [-0.25, -0.2) is 5.43 Å². The van der Waals surface area contributed by atoms with Crippen LogP contribution in [-0.2, 0) is 6.61 Å². The molecule has 1 N–H and O–H groups in total. The average Bonchev–Trinajstić information content (AvgIpc) is 2.74. The Morgan fingerprint density at radius 2 is 1.81 bits per heavy atom. The van der Waals surface area contributed by atoms with Crippen LogP contribution in [0.25, 0.3) is 0 Å². The molecule has 0 saturated carbocycles. The maximum atomic E-state index is 12.2. The molecule has 0 aromatic heterocycles. The van der Waals surface area contributed by atoms with Crippen molar-refractivity contribution in [3.05, 3.63) is 91.9 Å². The maximum absolute atomic E-state index is 12.2. The topological polar surface area (TPSA) is 59.9 Å². The van der Waals surface area contributed by atoms with Crippen LogP contribution < -0.4 is 14.9 Å². The Hall–Kier alpha value is -2.54. The number of rotatable bonds is 8. The van der Waals surface area contributed by atoms with Crippen LogP contribution in [-0.4, -0.2) is 18.7 Å². The van der Waals surface area contributed by atoms with Crippen molar-refractivity contribution in [3.63, 3.8) is 0 Å². The first-order valence-electron chi connectivity index (χ1n) is 9.39. The zero-order valence-corrected chi connectivity index (χ0v) is 19.7. The summed E-state index contributed by atoms with van der Waals surface area (Å²) in [6.07, 6.45) is 1.52. The highest BCUT2D eigenvalue weighted by Gasteiger charge is 2.10. The Kier molecular flexibility index (Phi) is 8.35. The number of amides is 1. The van der Waals surface area contributed by atoms with E-state index < -0.39 is 5.91 Å². The molecular formula is C23H19BrCl2N2O3. The minimum absolute atomic E-state index is 0.256. The van der Waals surface area contributed by atoms with E-state index in [9.17, 15) is 4.79 Å². The molecule has 0 radical (unpaired) electrons. The van der Waals surface area contributed by atoms with Gasteiger partial charge in [-0.05, 0) is 66.6 Å². The second-order valence-corrected chi connectivity index (χ2v) is 8.14. The maximum Gasteiger partial charge on any atom is 0.272 e. The van der Waals surface area contributed by atoms with Gasteiger partial charge in [-0.15, -0.1) is 0 Å². The third-order valence-electron chi connectivity index (χ3n) is 4.13. The summed E-state index contributed by atoms with van der Waals surface area (Å²) in [6, 6.07) is 18.0. The fourth-order valence-electron chi connectivity index (χ4n) is 2.63. The molecule has 0 spiro atoms. The Labute approximate surface area is 199 Å². The van der Waals surface area contributed by atoms with Crippen LogP contribution in [0.1, 0.15) is 28.4 Å². The highest BCUT2D eigenvalue weighted by molar-refractivity contribution is 9.10. The fourth-order valence-corrected chi connectivity index (χ4v) is 3.39. The molecule has 0 saturated heterocycles. The van der Waals surface area contributed by atoms with Crippen molar-refractivity contribution in [1.82, 2.24) is 5.43 Å². The normalized spacial score (nSPS) is 10.8. The molecule has 0 bridgehead atoms. The Bertz CT molecular complexity index is 1090. The lowest BCUT2D eigenvalue weighted by atomic mass is 10.2. The number of hydrogen-bond acceptors (Lipinski definition) is 4. The minimum atomic E-state index is -0.433. The van der Waals surface area contributed by atoms with Crippen molar-refractivity contribution in [1.29, 1.82) is 0 Å². The summed E-state index contributed by atoms with van der Waals surface area (Å²) in [5.41, 5.74) is 4.52. The second-order valence-electron chi connectivity index (χ2n) is 6.38. The second kappa shape index (κ2) is 11.2. The molecule has 0 atom stereocenters. The molecule has 0 aliphatic heterocycles. The zero-order valence-electron chi connectivity index (χ0n) is 16.6. The summed E-state index contributed by atoms with van der Waals surface area (Å²) in [7, 11) is 0. The Morgan fingerprint density at radius 3 is 2.52 bits per heavy atom. The standard InChI is InChI=1S/C23H19BrCl2N2O3/c1-2-30-22-11-16(5-10-21(22)31-14-15-3-6-17(24)7-4-15)13-27-28-23(29)19-9-8-18(25)12-20(19)26/h3-13H,2,14H2,1H3,(H,28,29)/b27-13-. The van der Waals surface area contributed by atoms with Gasteiger partial charge in [0.25, 0.3) is 5.91 Å². The number of hydrogen-bond donors (Lipinski definition) is 1. The number of ether oxygens (including phenoxy) is 2. The Morgan fingerprint density at radius 1 is 1.03 bits per heavy atom. The molecule has 1 amide bonds. The van der Waals surface area contributed by atoms with Gasteiger partial charge < -0.3 is 9.47 Å². The van der Waals surface area contributed by atoms with Crippen LogP contribution in [0.5, 0.6) is 11.5 Å². The fraction of sp³-hybridized carbons (Fsp3) is 0.130. The number of benzene rings is 3. The molecule has 0 fully saturated rings. The van der Waals surface area contributed by atoms with E-state index in [0.717, 1.165) is 15.6 Å². The number of carbonyl (C=O) groups excluding carboxylic acids is 1. The molecule has 0 aliphatic carbocycles. The van der Waals surface area contributed by atoms with Gasteiger partial charge in [0.05, 0.1) is 23.4 Å². The van der Waals surface area contributed by atoms with Crippen molar-refractivity contribution in [3.8, 4) is 11.5 Å². The first kappa shape index (κ1) is 23.1. The lowest BCUT2D eigenvalue weighted by Crippen LogP contribution is -2.18. The van der Waals surface area contributed by atoms with E-state index in [1.54, 1.807) is 18.2 Å². The Balaban J connectivity index is 1.66. The average molecular weight is 522 g/mol. The number of nitrogens with one attached hydrogen (secondary N) is 1. The summed E-state index contributed by atoms with van der Waals surface area (Å²) in [6.45, 7) is 2.80. The molecule has 31 heavy (non-hydrogen) atoms. The van der Waals surface area contributed by atoms with Gasteiger partial charge >= 0.3 is 0 Å². The summed E-state index contributed by atoms with van der Waals surface area (Å²) >= 11 is 15.3. The predicted octanol–water partition coefficient (Wildman–Crippen LogP) is 6.50. The summed E-state index contributed by atoms with van der Waals surface area (Å²) < 4.78 is 12.6. The van der Waals surface area contributed by atoms with Gasteiger partial charge in [0.15, 0.2) is 11.5 Å². The largest absolute Gasteiger partial charge is 0.490 e. The van der Waals surface area contributed by atoms with E-state index in [4.69, 9.17) is 32.7 Å². The van der Waals surface area contributed by atoms with E-state index in [2.05, 4.69) is 26.5 Å². The van der Waals surface area contributed by atoms with Gasteiger partial charge in [-0.2, -0.15) is 5.10 Å². The SMILES string of the molecule is CCOc1cc(/C=N\NC(=O)c2ccc(Cl)cc2Cl)ccc1OCc1ccc(Br)cc1. The number of halogens is 3. The van der Waals surface area contributed by atoms with Crippen LogP contribution in [0.4, 0.5) is 0 Å². The molecule has 8 heteroatoms. The van der Waals surface area contributed by atoms with Gasteiger partial charge in [-0.1, -0.05) is 51.3 Å². The molecule has 0 aliphatic rings. The summed E-state index contributed by atoms with van der Waals surface area (Å²) in [5.74, 6) is 0.784. The zero-order chi connectivity index (χ0) is 22.2. The highest BCUT2D eigenvalue weighted by atomic mass is 79.9. The van der Waals surface area contributed by atoms with E-state index in [-0.39, 0.29) is 10.6 Å². The number of carbonyl (C=O) groups is 1.